The summed E-state index contributed by atoms with van der Waals surface area (Å²) in [5.74, 6) is -0.731. The summed E-state index contributed by atoms with van der Waals surface area (Å²) >= 11 is 0. The van der Waals surface area contributed by atoms with Gasteiger partial charge in [0.05, 0.1) is 30.0 Å². The molecule has 19 heavy (non-hydrogen) atoms. The predicted octanol–water partition coefficient (Wildman–Crippen LogP) is 1.54. The Bertz CT molecular complexity index is 503. The van der Waals surface area contributed by atoms with E-state index in [1.165, 1.54) is 6.07 Å². The first-order valence-electron chi connectivity index (χ1n) is 6.09. The number of halogens is 1. The highest BCUT2D eigenvalue weighted by molar-refractivity contribution is 6.02. The Hall–Kier alpha value is -1.82. The van der Waals surface area contributed by atoms with E-state index in [0.717, 1.165) is 0 Å². The van der Waals surface area contributed by atoms with E-state index >= 15 is 0 Å². The number of rotatable bonds is 2. The van der Waals surface area contributed by atoms with Crippen molar-refractivity contribution in [3.63, 3.8) is 0 Å². The van der Waals surface area contributed by atoms with Crippen LogP contribution in [0.15, 0.2) is 23.4 Å². The number of nitrogens with two attached hydrogens (primary N) is 1. The predicted molar refractivity (Wildman–Crippen MR) is 71.2 cm³/mol. The lowest BCUT2D eigenvalue weighted by atomic mass is 9.99. The minimum absolute atomic E-state index is 0.125. The topological polar surface area (TPSA) is 71.1 Å². The molecule has 0 bridgehead atoms. The second kappa shape index (κ2) is 5.05. The first-order valence-corrected chi connectivity index (χ1v) is 6.09. The van der Waals surface area contributed by atoms with Gasteiger partial charge >= 0.3 is 0 Å². The van der Waals surface area contributed by atoms with Crippen LogP contribution in [0.2, 0.25) is 0 Å². The molecule has 104 valence electrons. The summed E-state index contributed by atoms with van der Waals surface area (Å²) in [6, 6.07) is 4.68. The molecule has 3 N–H and O–H groups in total. The molecule has 1 heterocycles. The van der Waals surface area contributed by atoms with Crippen molar-refractivity contribution in [1.29, 1.82) is 0 Å². The Morgan fingerprint density at radius 2 is 2.26 bits per heavy atom. The van der Waals surface area contributed by atoms with Gasteiger partial charge in [0.25, 0.3) is 0 Å². The molecule has 1 saturated heterocycles. The van der Waals surface area contributed by atoms with Crippen molar-refractivity contribution in [2.75, 3.05) is 24.7 Å². The fraction of sp³-hybridized carbons (Fsp3) is 0.462. The highest BCUT2D eigenvalue weighted by atomic mass is 19.1. The number of hydrogen-bond donors (Lipinski definition) is 2. The summed E-state index contributed by atoms with van der Waals surface area (Å²) in [6.07, 6.45) is 0. The van der Waals surface area contributed by atoms with Crippen LogP contribution >= 0.6 is 0 Å². The van der Waals surface area contributed by atoms with E-state index in [2.05, 4.69) is 5.16 Å². The molecule has 0 unspecified atom stereocenters. The number of nitrogens with zero attached hydrogens (tertiary/aromatic N) is 2. The van der Waals surface area contributed by atoms with Crippen LogP contribution in [0.1, 0.15) is 19.4 Å². The van der Waals surface area contributed by atoms with Gasteiger partial charge in [-0.3, -0.25) is 0 Å². The standard InChI is InChI=1S/C13H18FN3O2/c1-13(2)8-19-7-6-17(13)10-5-3-4-9(14)11(10)12(15)16-18/h3-5,18H,6-8H2,1-2H3,(H2,15,16). The van der Waals surface area contributed by atoms with Crippen molar-refractivity contribution in [2.24, 2.45) is 10.9 Å². The molecule has 1 aliphatic heterocycles. The maximum atomic E-state index is 14.0. The Morgan fingerprint density at radius 1 is 1.53 bits per heavy atom. The molecule has 2 rings (SSSR count). The maximum absolute atomic E-state index is 14.0. The SMILES string of the molecule is CC1(C)COCCN1c1cccc(F)c1C(N)=NO. The monoisotopic (exact) mass is 267 g/mol. The van der Waals surface area contributed by atoms with E-state index in [1.807, 2.05) is 18.7 Å². The summed E-state index contributed by atoms with van der Waals surface area (Å²) in [4.78, 5) is 2.02. The van der Waals surface area contributed by atoms with Gasteiger partial charge in [0.15, 0.2) is 5.84 Å². The first kappa shape index (κ1) is 13.6. The van der Waals surface area contributed by atoms with Gasteiger partial charge in [-0.05, 0) is 26.0 Å². The second-order valence-corrected chi connectivity index (χ2v) is 5.14. The molecule has 1 aliphatic rings. The van der Waals surface area contributed by atoms with E-state index < -0.39 is 5.82 Å². The van der Waals surface area contributed by atoms with Gasteiger partial charge in [0, 0.05) is 6.54 Å². The number of hydrogen-bond acceptors (Lipinski definition) is 4. The summed E-state index contributed by atoms with van der Waals surface area (Å²) < 4.78 is 19.4. The normalized spacial score (nSPS) is 19.5. The third-order valence-corrected chi connectivity index (χ3v) is 3.29. The van der Waals surface area contributed by atoms with Crippen LogP contribution in [0.5, 0.6) is 0 Å². The number of benzene rings is 1. The van der Waals surface area contributed by atoms with Crippen molar-refractivity contribution in [2.45, 2.75) is 19.4 Å². The fourth-order valence-electron chi connectivity index (χ4n) is 2.35. The van der Waals surface area contributed by atoms with Crippen LogP contribution in [0.4, 0.5) is 10.1 Å². The molecular weight excluding hydrogens is 249 g/mol. The summed E-state index contributed by atoms with van der Waals surface area (Å²) in [5.41, 5.74) is 6.05. The lowest BCUT2D eigenvalue weighted by Crippen LogP contribution is -2.53. The molecule has 1 fully saturated rings. The van der Waals surface area contributed by atoms with Gasteiger partial charge in [-0.25, -0.2) is 4.39 Å². The lowest BCUT2D eigenvalue weighted by Gasteiger charge is -2.44. The van der Waals surface area contributed by atoms with Crippen molar-refractivity contribution >= 4 is 11.5 Å². The molecule has 0 saturated carbocycles. The highest BCUT2D eigenvalue weighted by Crippen LogP contribution is 2.31. The number of anilines is 1. The molecule has 6 heteroatoms. The molecule has 0 aliphatic carbocycles. The zero-order valence-corrected chi connectivity index (χ0v) is 11.1. The van der Waals surface area contributed by atoms with Gasteiger partial charge in [-0.15, -0.1) is 0 Å². The van der Waals surface area contributed by atoms with E-state index in [4.69, 9.17) is 15.7 Å². The molecule has 0 amide bonds. The third kappa shape index (κ3) is 2.49. The molecular formula is C13H18FN3O2. The zero-order valence-electron chi connectivity index (χ0n) is 11.1. The highest BCUT2D eigenvalue weighted by Gasteiger charge is 2.33. The Kier molecular flexibility index (Phi) is 3.61. The summed E-state index contributed by atoms with van der Waals surface area (Å²) in [7, 11) is 0. The summed E-state index contributed by atoms with van der Waals surface area (Å²) in [6.45, 7) is 5.75. The van der Waals surface area contributed by atoms with Crippen LogP contribution in [-0.2, 0) is 4.74 Å². The molecule has 0 radical (unpaired) electrons. The molecule has 1 aromatic rings. The van der Waals surface area contributed by atoms with Crippen LogP contribution < -0.4 is 10.6 Å². The van der Waals surface area contributed by atoms with Gasteiger partial charge in [-0.1, -0.05) is 11.2 Å². The van der Waals surface area contributed by atoms with Gasteiger partial charge < -0.3 is 20.6 Å². The van der Waals surface area contributed by atoms with Crippen LogP contribution in [0.3, 0.4) is 0 Å². The molecule has 0 aromatic heterocycles. The van der Waals surface area contributed by atoms with Gasteiger partial charge in [-0.2, -0.15) is 0 Å². The average molecular weight is 267 g/mol. The molecule has 1 aromatic carbocycles. The van der Waals surface area contributed by atoms with Gasteiger partial charge in [0.1, 0.15) is 5.82 Å². The van der Waals surface area contributed by atoms with E-state index in [9.17, 15) is 4.39 Å². The van der Waals surface area contributed by atoms with Gasteiger partial charge in [0.2, 0.25) is 0 Å². The first-order chi connectivity index (χ1) is 8.97. The second-order valence-electron chi connectivity index (χ2n) is 5.14. The van der Waals surface area contributed by atoms with Crippen molar-refractivity contribution in [3.05, 3.63) is 29.6 Å². The van der Waals surface area contributed by atoms with Crippen LogP contribution in [-0.4, -0.2) is 36.3 Å². The Morgan fingerprint density at radius 3 is 2.89 bits per heavy atom. The van der Waals surface area contributed by atoms with E-state index in [-0.39, 0.29) is 16.9 Å². The van der Waals surface area contributed by atoms with Crippen LogP contribution in [0, 0.1) is 5.82 Å². The Balaban J connectivity index is 2.53. The van der Waals surface area contributed by atoms with E-state index in [1.54, 1.807) is 12.1 Å². The molecule has 0 spiro atoms. The van der Waals surface area contributed by atoms with Crippen LogP contribution in [0.25, 0.3) is 0 Å². The van der Waals surface area contributed by atoms with E-state index in [0.29, 0.717) is 25.4 Å². The summed E-state index contributed by atoms with van der Waals surface area (Å²) in [5, 5.41) is 11.7. The molecule has 5 nitrogen and oxygen atoms in total. The smallest absolute Gasteiger partial charge is 0.175 e. The van der Waals surface area contributed by atoms with Crippen molar-refractivity contribution < 1.29 is 14.3 Å². The number of oxime groups is 1. The lowest BCUT2D eigenvalue weighted by molar-refractivity contribution is 0.0643. The third-order valence-electron chi connectivity index (χ3n) is 3.29. The minimum atomic E-state index is -0.505. The maximum Gasteiger partial charge on any atom is 0.175 e. The average Bonchev–Trinajstić information content (AvgIpc) is 2.37. The molecule has 0 atom stereocenters. The number of morpholine rings is 1. The Labute approximate surface area is 111 Å². The number of amidine groups is 1. The minimum Gasteiger partial charge on any atom is -0.409 e. The number of ether oxygens (including phenoxy) is 1. The van der Waals surface area contributed by atoms with Crippen molar-refractivity contribution in [3.8, 4) is 0 Å². The van der Waals surface area contributed by atoms with Crippen molar-refractivity contribution in [1.82, 2.24) is 0 Å². The largest absolute Gasteiger partial charge is 0.409 e. The zero-order chi connectivity index (χ0) is 14.0. The fourth-order valence-corrected chi connectivity index (χ4v) is 2.35. The quantitative estimate of drug-likeness (QED) is 0.369.